The Balaban J connectivity index is 1.93. The minimum Gasteiger partial charge on any atom is -0.441 e. The number of esters is 1. The molecule has 0 aromatic carbocycles. The lowest BCUT2D eigenvalue weighted by atomic mass is 10.0. The molecule has 0 radical (unpaired) electrons. The average Bonchev–Trinajstić information content (AvgIpc) is 2.89. The molecular weight excluding hydrogens is 460 g/mol. The van der Waals surface area contributed by atoms with Crippen LogP contribution in [0.2, 0.25) is 0 Å². The Morgan fingerprint density at radius 1 is 0.838 bits per heavy atom. The maximum Gasteiger partial charge on any atom is 0.307 e. The highest BCUT2D eigenvalue weighted by Gasteiger charge is 2.29. The van der Waals surface area contributed by atoms with Gasteiger partial charge in [0.15, 0.2) is 6.23 Å². The molecule has 0 spiro atoms. The molecule has 1 rings (SSSR count). The molecule has 37 heavy (non-hydrogen) atoms. The lowest BCUT2D eigenvalue weighted by molar-refractivity contribution is -0.167. The minimum absolute atomic E-state index is 0.0642. The van der Waals surface area contributed by atoms with Gasteiger partial charge < -0.3 is 9.64 Å². The van der Waals surface area contributed by atoms with E-state index in [0.717, 1.165) is 12.8 Å². The van der Waals surface area contributed by atoms with Gasteiger partial charge in [-0.05, 0) is 19.1 Å². The molecule has 0 fully saturated rings. The molecule has 0 aromatic rings. The molecule has 1 aliphatic heterocycles. The van der Waals surface area contributed by atoms with Crippen molar-refractivity contribution in [1.82, 2.24) is 4.90 Å². The normalized spacial score (nSPS) is 17.0. The largest absolute Gasteiger partial charge is 0.441 e. The Kier molecular flexibility index (Phi) is 21.6. The molecule has 0 saturated carbocycles. The van der Waals surface area contributed by atoms with Crippen LogP contribution in [0.15, 0.2) is 4.99 Å². The van der Waals surface area contributed by atoms with Gasteiger partial charge in [-0.25, -0.2) is 0 Å². The van der Waals surface area contributed by atoms with Crippen LogP contribution in [0.25, 0.3) is 0 Å². The predicted molar refractivity (Wildman–Crippen MR) is 157 cm³/mol. The number of unbranched alkanes of at least 4 members (excludes halogenated alkanes) is 18. The zero-order chi connectivity index (χ0) is 27.0. The van der Waals surface area contributed by atoms with Crippen molar-refractivity contribution in [2.75, 3.05) is 13.1 Å². The molecule has 0 N–H and O–H groups in total. The third kappa shape index (κ3) is 17.7. The van der Waals surface area contributed by atoms with Crippen molar-refractivity contribution >= 4 is 18.1 Å². The van der Waals surface area contributed by atoms with E-state index in [4.69, 9.17) is 4.74 Å². The van der Waals surface area contributed by atoms with Gasteiger partial charge in [-0.15, -0.1) is 0 Å². The lowest BCUT2D eigenvalue weighted by Gasteiger charge is -2.33. The van der Waals surface area contributed by atoms with Gasteiger partial charge in [-0.2, -0.15) is 0 Å². The summed E-state index contributed by atoms with van der Waals surface area (Å²) in [6.45, 7) is 7.26. The van der Waals surface area contributed by atoms with Crippen molar-refractivity contribution in [2.24, 2.45) is 10.9 Å². The van der Waals surface area contributed by atoms with E-state index in [1.807, 2.05) is 20.1 Å². The van der Waals surface area contributed by atoms with E-state index >= 15 is 0 Å². The van der Waals surface area contributed by atoms with Crippen LogP contribution in [0.5, 0.6) is 0 Å². The highest BCUT2D eigenvalue weighted by atomic mass is 16.6. The number of hydrogen-bond donors (Lipinski definition) is 0. The van der Waals surface area contributed by atoms with E-state index in [1.165, 1.54) is 109 Å². The quantitative estimate of drug-likeness (QED) is 0.0997. The predicted octanol–water partition coefficient (Wildman–Crippen LogP) is 9.03. The van der Waals surface area contributed by atoms with Crippen molar-refractivity contribution < 1.29 is 14.3 Å². The van der Waals surface area contributed by atoms with E-state index in [-0.39, 0.29) is 17.8 Å². The summed E-state index contributed by atoms with van der Waals surface area (Å²) < 4.78 is 5.71. The van der Waals surface area contributed by atoms with Crippen molar-refractivity contribution in [3.63, 3.8) is 0 Å². The molecular formula is C32H60N2O3. The van der Waals surface area contributed by atoms with Crippen LogP contribution in [-0.4, -0.2) is 42.3 Å². The van der Waals surface area contributed by atoms with Gasteiger partial charge in [-0.3, -0.25) is 14.6 Å². The highest BCUT2D eigenvalue weighted by Crippen LogP contribution is 2.17. The maximum atomic E-state index is 12.7. The van der Waals surface area contributed by atoms with Crippen LogP contribution in [0.1, 0.15) is 162 Å². The molecule has 0 saturated heterocycles. The molecule has 0 aromatic heterocycles. The first-order valence-electron chi connectivity index (χ1n) is 16.1. The molecule has 0 bridgehead atoms. The Hall–Kier alpha value is -1.39. The van der Waals surface area contributed by atoms with Crippen molar-refractivity contribution in [3.8, 4) is 0 Å². The number of aliphatic imine (C=N–C) groups is 1. The van der Waals surface area contributed by atoms with Crippen LogP contribution < -0.4 is 0 Å². The van der Waals surface area contributed by atoms with E-state index in [1.54, 1.807) is 4.90 Å². The van der Waals surface area contributed by atoms with Gasteiger partial charge >= 0.3 is 5.97 Å². The van der Waals surface area contributed by atoms with Gasteiger partial charge in [0.05, 0.1) is 6.54 Å². The molecule has 2 atom stereocenters. The van der Waals surface area contributed by atoms with Crippen molar-refractivity contribution in [3.05, 3.63) is 0 Å². The molecule has 216 valence electrons. The summed E-state index contributed by atoms with van der Waals surface area (Å²) in [5.41, 5.74) is 0. The fourth-order valence-electron chi connectivity index (χ4n) is 5.20. The first-order valence-corrected chi connectivity index (χ1v) is 16.1. The molecule has 1 amide bonds. The smallest absolute Gasteiger partial charge is 0.307 e. The second-order valence-corrected chi connectivity index (χ2v) is 11.2. The van der Waals surface area contributed by atoms with E-state index in [0.29, 0.717) is 32.4 Å². The summed E-state index contributed by atoms with van der Waals surface area (Å²) in [6.07, 6.45) is 28.6. The Morgan fingerprint density at radius 2 is 1.30 bits per heavy atom. The fraction of sp³-hybridized carbons (Fsp3) is 0.906. The van der Waals surface area contributed by atoms with Gasteiger partial charge in [-0.1, -0.05) is 136 Å². The first kappa shape index (κ1) is 33.6. The molecule has 0 aliphatic carbocycles. The van der Waals surface area contributed by atoms with Crippen LogP contribution in [0.4, 0.5) is 0 Å². The van der Waals surface area contributed by atoms with Gasteiger partial charge in [0.25, 0.3) is 0 Å². The summed E-state index contributed by atoms with van der Waals surface area (Å²) in [5.74, 6) is -0.226. The van der Waals surface area contributed by atoms with Gasteiger partial charge in [0, 0.05) is 25.3 Å². The third-order valence-electron chi connectivity index (χ3n) is 7.71. The number of rotatable bonds is 23. The third-order valence-corrected chi connectivity index (χ3v) is 7.71. The number of hydrogen-bond acceptors (Lipinski definition) is 4. The van der Waals surface area contributed by atoms with Gasteiger partial charge in [0.1, 0.15) is 0 Å². The number of carbonyl (C=O) groups excluding carboxylic acids is 2. The number of ether oxygens (including phenoxy) is 1. The standard InChI is InChI=1S/C32H60N2O3/c1-4-6-7-8-9-10-11-12-13-14-15-16-17-18-19-20-21-22-23-24-31(35)37-30(5-2)34-28-27-33-26-25-29(3)32(34)36/h26,29-30H,4-25,27-28H2,1-3H3. The van der Waals surface area contributed by atoms with Crippen LogP contribution in [0, 0.1) is 5.92 Å². The monoisotopic (exact) mass is 520 g/mol. The van der Waals surface area contributed by atoms with E-state index in [9.17, 15) is 9.59 Å². The molecule has 5 nitrogen and oxygen atoms in total. The highest BCUT2D eigenvalue weighted by molar-refractivity contribution is 5.82. The maximum absolute atomic E-state index is 12.7. The topological polar surface area (TPSA) is 59.0 Å². The number of nitrogens with zero attached hydrogens (tertiary/aromatic N) is 2. The Labute approximate surface area is 229 Å². The lowest BCUT2D eigenvalue weighted by Crippen LogP contribution is -2.47. The summed E-state index contributed by atoms with van der Waals surface area (Å²) in [5, 5.41) is 0. The van der Waals surface area contributed by atoms with Crippen LogP contribution in [-0.2, 0) is 14.3 Å². The number of carbonyl (C=O) groups is 2. The van der Waals surface area contributed by atoms with Crippen LogP contribution >= 0.6 is 0 Å². The summed E-state index contributed by atoms with van der Waals surface area (Å²) >= 11 is 0. The Morgan fingerprint density at radius 3 is 1.76 bits per heavy atom. The molecule has 2 unspecified atom stereocenters. The zero-order valence-electron chi connectivity index (χ0n) is 24.8. The fourth-order valence-corrected chi connectivity index (χ4v) is 5.20. The zero-order valence-corrected chi connectivity index (χ0v) is 24.8. The van der Waals surface area contributed by atoms with E-state index < -0.39 is 6.23 Å². The second-order valence-electron chi connectivity index (χ2n) is 11.2. The molecule has 5 heteroatoms. The van der Waals surface area contributed by atoms with E-state index in [2.05, 4.69) is 11.9 Å². The molecule has 1 heterocycles. The Bertz CT molecular complexity index is 593. The first-order chi connectivity index (χ1) is 18.1. The summed E-state index contributed by atoms with van der Waals surface area (Å²) in [7, 11) is 0. The van der Waals surface area contributed by atoms with Crippen molar-refractivity contribution in [1.29, 1.82) is 0 Å². The van der Waals surface area contributed by atoms with Crippen molar-refractivity contribution in [2.45, 2.75) is 168 Å². The van der Waals surface area contributed by atoms with Gasteiger partial charge in [0.2, 0.25) is 5.91 Å². The average molecular weight is 521 g/mol. The molecule has 1 aliphatic rings. The van der Waals surface area contributed by atoms with Crippen LogP contribution in [0.3, 0.4) is 0 Å². The minimum atomic E-state index is -0.462. The number of amides is 1. The SMILES string of the molecule is CCCCCCCCCCCCCCCCCCCCCC(=O)OC(CC)N1CCN=CCC(C)C1=O. The summed E-state index contributed by atoms with van der Waals surface area (Å²) in [4.78, 5) is 31.1. The summed E-state index contributed by atoms with van der Waals surface area (Å²) in [6, 6.07) is 0. The second kappa shape index (κ2) is 23.7.